The van der Waals surface area contributed by atoms with Crippen LogP contribution in [0.3, 0.4) is 0 Å². The number of rotatable bonds is 9. The Balaban J connectivity index is 1.33. The van der Waals surface area contributed by atoms with Crippen molar-refractivity contribution in [1.29, 1.82) is 0 Å². The number of aliphatic hydroxyl groups is 2. The first-order chi connectivity index (χ1) is 20.8. The van der Waals surface area contributed by atoms with Crippen LogP contribution in [-0.4, -0.2) is 83.1 Å². The number of benzene rings is 1. The molecule has 14 heteroatoms. The molecule has 0 radical (unpaired) electrons. The molecule has 3 aromatic rings. The molecule has 0 atom stereocenters. The van der Waals surface area contributed by atoms with E-state index in [1.807, 2.05) is 0 Å². The Morgan fingerprint density at radius 2 is 1.61 bits per heavy atom. The summed E-state index contributed by atoms with van der Waals surface area (Å²) < 4.78 is 56.8. The zero-order valence-corrected chi connectivity index (χ0v) is 25.8. The summed E-state index contributed by atoms with van der Waals surface area (Å²) in [4.78, 5) is 8.82. The largest absolute Gasteiger partial charge is 0.395 e. The van der Waals surface area contributed by atoms with Crippen LogP contribution in [0, 0.1) is 5.41 Å². The van der Waals surface area contributed by atoms with E-state index in [2.05, 4.69) is 19.9 Å². The molecule has 1 spiro atoms. The number of pyridine rings is 1. The lowest BCUT2D eigenvalue weighted by molar-refractivity contribution is -0.0222. The highest BCUT2D eigenvalue weighted by Gasteiger charge is 2.44. The third-order valence-electron chi connectivity index (χ3n) is 9.06. The highest BCUT2D eigenvalue weighted by atomic mass is 32.2. The average molecular weight is 632 g/mol. The van der Waals surface area contributed by atoms with E-state index in [1.165, 1.54) is 12.8 Å². The monoisotopic (exact) mass is 631 g/mol. The van der Waals surface area contributed by atoms with Gasteiger partial charge in [0.1, 0.15) is 11.5 Å². The van der Waals surface area contributed by atoms with Crippen LogP contribution in [0.2, 0.25) is 0 Å². The van der Waals surface area contributed by atoms with Crippen LogP contribution in [0.4, 0.5) is 26.0 Å². The predicted molar refractivity (Wildman–Crippen MR) is 164 cm³/mol. The van der Waals surface area contributed by atoms with Crippen molar-refractivity contribution in [2.24, 2.45) is 5.41 Å². The summed E-state index contributed by atoms with van der Waals surface area (Å²) in [5, 5.41) is 28.7. The number of aliphatic hydroxyl groups excluding tert-OH is 1. The van der Waals surface area contributed by atoms with Gasteiger partial charge in [-0.2, -0.15) is 0 Å². The summed E-state index contributed by atoms with van der Waals surface area (Å²) in [5.74, 6) is -2.67. The number of nitrogens with one attached hydrogen (secondary N) is 1. The molecule has 2 aromatic heterocycles. The van der Waals surface area contributed by atoms with E-state index in [9.17, 15) is 22.3 Å². The smallest absolute Gasteiger partial charge is 0.251 e. The molecule has 3 fully saturated rings. The van der Waals surface area contributed by atoms with Gasteiger partial charge in [-0.25, -0.2) is 26.9 Å². The summed E-state index contributed by atoms with van der Waals surface area (Å²) in [5.41, 5.74) is 2.62. The first-order valence-corrected chi connectivity index (χ1v) is 16.7. The molecular weight excluding hydrogens is 592 g/mol. The molecule has 3 N–H and O–H groups in total. The zero-order valence-electron chi connectivity index (χ0n) is 25.0. The third kappa shape index (κ3) is 6.52. The van der Waals surface area contributed by atoms with Crippen molar-refractivity contribution < 1.29 is 27.4 Å². The molecule has 0 amide bonds. The topological polar surface area (TPSA) is 137 Å². The van der Waals surface area contributed by atoms with E-state index in [4.69, 9.17) is 10.1 Å². The van der Waals surface area contributed by atoms with Crippen molar-refractivity contribution in [3.63, 3.8) is 0 Å². The van der Waals surface area contributed by atoms with E-state index in [-0.39, 0.29) is 25.9 Å². The fourth-order valence-electron chi connectivity index (χ4n) is 6.14. The average Bonchev–Trinajstić information content (AvgIpc) is 3.52. The van der Waals surface area contributed by atoms with E-state index in [0.717, 1.165) is 31.6 Å². The summed E-state index contributed by atoms with van der Waals surface area (Å²) in [6.45, 7) is 4.71. The van der Waals surface area contributed by atoms with Crippen molar-refractivity contribution in [3.05, 3.63) is 42.1 Å². The SMILES string of the molecule is CC(C)(O)c1ccc(-c2cn(-c3ccc(NS(=O)(=O)CCO)cc3N3CCC4(CC3)CC4)nn2)nc1N1CCC(F)(F)CC1. The Morgan fingerprint density at radius 1 is 0.932 bits per heavy atom. The van der Waals surface area contributed by atoms with Crippen LogP contribution in [0.1, 0.15) is 57.9 Å². The molecule has 6 rings (SSSR count). The maximum Gasteiger partial charge on any atom is 0.251 e. The lowest BCUT2D eigenvalue weighted by Gasteiger charge is -2.35. The van der Waals surface area contributed by atoms with Crippen LogP contribution < -0.4 is 14.5 Å². The summed E-state index contributed by atoms with van der Waals surface area (Å²) >= 11 is 0. The minimum atomic E-state index is -3.71. The molecule has 1 saturated carbocycles. The fourth-order valence-corrected chi connectivity index (χ4v) is 6.97. The van der Waals surface area contributed by atoms with Crippen molar-refractivity contribution in [3.8, 4) is 17.1 Å². The summed E-state index contributed by atoms with van der Waals surface area (Å²) in [6.07, 6.45) is 5.81. The van der Waals surface area contributed by atoms with Gasteiger partial charge in [-0.05, 0) is 69.2 Å². The van der Waals surface area contributed by atoms with Crippen molar-refractivity contribution in [2.75, 3.05) is 53.1 Å². The number of aromatic nitrogens is 4. The van der Waals surface area contributed by atoms with Gasteiger partial charge in [0.2, 0.25) is 10.0 Å². The molecule has 11 nitrogen and oxygen atoms in total. The molecule has 0 unspecified atom stereocenters. The maximum absolute atomic E-state index is 13.9. The van der Waals surface area contributed by atoms with Gasteiger partial charge < -0.3 is 20.0 Å². The second kappa shape index (κ2) is 11.2. The van der Waals surface area contributed by atoms with Gasteiger partial charge in [0.25, 0.3) is 5.92 Å². The van der Waals surface area contributed by atoms with Crippen LogP contribution in [0.25, 0.3) is 17.1 Å². The first kappa shape index (κ1) is 30.7. The minimum absolute atomic E-state index is 0.119. The minimum Gasteiger partial charge on any atom is -0.395 e. The Kier molecular flexibility index (Phi) is 7.82. The Morgan fingerprint density at radius 3 is 2.25 bits per heavy atom. The summed E-state index contributed by atoms with van der Waals surface area (Å²) in [6, 6.07) is 8.72. The molecule has 0 bridgehead atoms. The third-order valence-corrected chi connectivity index (χ3v) is 10.3. The molecule has 2 saturated heterocycles. The number of alkyl halides is 2. The Labute approximate surface area is 255 Å². The quantitative estimate of drug-likeness (QED) is 0.321. The van der Waals surface area contributed by atoms with Gasteiger partial charge in [-0.3, -0.25) is 4.72 Å². The lowest BCUT2D eigenvalue weighted by atomic mass is 9.93. The molecule has 2 aliphatic heterocycles. The second-order valence-corrected chi connectivity index (χ2v) is 14.7. The molecule has 238 valence electrons. The van der Waals surface area contributed by atoms with Crippen LogP contribution in [0.5, 0.6) is 0 Å². The standard InChI is InChI=1S/C30H39F2N7O4S/c1-28(2,41)22-4-5-23(33-27(22)38-15-11-30(31,32)12-16-38)24-20-39(36-34-24)25-6-3-21(35-44(42,43)18-17-40)19-26(25)37-13-9-29(7-8-29)10-14-37/h3-6,19-20,35,40-41H,7-18H2,1-2H3. The van der Waals surface area contributed by atoms with Crippen LogP contribution >= 0.6 is 0 Å². The molecule has 3 aliphatic rings. The fraction of sp³-hybridized carbons (Fsp3) is 0.567. The molecule has 1 aromatic carbocycles. The second-order valence-electron chi connectivity index (χ2n) is 12.9. The summed E-state index contributed by atoms with van der Waals surface area (Å²) in [7, 11) is -3.71. The van der Waals surface area contributed by atoms with E-state index < -0.39 is 33.9 Å². The van der Waals surface area contributed by atoms with Crippen LogP contribution in [-0.2, 0) is 15.6 Å². The van der Waals surface area contributed by atoms with E-state index >= 15 is 0 Å². The number of sulfonamides is 1. The lowest BCUT2D eigenvalue weighted by Crippen LogP contribution is -2.41. The van der Waals surface area contributed by atoms with Crippen LogP contribution in [0.15, 0.2) is 36.5 Å². The number of halogens is 2. The van der Waals surface area contributed by atoms with Gasteiger partial charge in [0.15, 0.2) is 0 Å². The first-order valence-electron chi connectivity index (χ1n) is 15.1. The van der Waals surface area contributed by atoms with Crippen molar-refractivity contribution >= 4 is 27.2 Å². The van der Waals surface area contributed by atoms with Gasteiger partial charge in [0, 0.05) is 44.6 Å². The maximum atomic E-state index is 13.9. The number of nitrogens with zero attached hydrogens (tertiary/aromatic N) is 6. The Hall–Kier alpha value is -3.36. The molecule has 44 heavy (non-hydrogen) atoms. The van der Waals surface area contributed by atoms with Gasteiger partial charge in [-0.1, -0.05) is 11.3 Å². The van der Waals surface area contributed by atoms with Crippen molar-refractivity contribution in [2.45, 2.75) is 63.9 Å². The van der Waals surface area contributed by atoms with Crippen molar-refractivity contribution in [1.82, 2.24) is 20.0 Å². The van der Waals surface area contributed by atoms with Gasteiger partial charge in [-0.15, -0.1) is 5.10 Å². The molecular formula is C30H39F2N7O4S. The number of hydrogen-bond donors (Lipinski definition) is 3. The van der Waals surface area contributed by atoms with E-state index in [1.54, 1.807) is 60.0 Å². The predicted octanol–water partition coefficient (Wildman–Crippen LogP) is 3.91. The normalized spacial score (nSPS) is 19.8. The highest BCUT2D eigenvalue weighted by molar-refractivity contribution is 7.92. The van der Waals surface area contributed by atoms with E-state index in [0.29, 0.717) is 39.6 Å². The molecule has 1 aliphatic carbocycles. The highest BCUT2D eigenvalue weighted by Crippen LogP contribution is 2.54. The number of hydrogen-bond acceptors (Lipinski definition) is 9. The number of piperidine rings is 2. The number of anilines is 3. The van der Waals surface area contributed by atoms with Gasteiger partial charge in [0.05, 0.1) is 46.9 Å². The Bertz CT molecular complexity index is 1620. The molecule has 4 heterocycles. The van der Waals surface area contributed by atoms with Gasteiger partial charge >= 0.3 is 0 Å². The zero-order chi connectivity index (χ0) is 31.3.